The summed E-state index contributed by atoms with van der Waals surface area (Å²) >= 11 is 0. The number of hydrogen-bond acceptors (Lipinski definition) is 3. The Balaban J connectivity index is 2.15. The van der Waals surface area contributed by atoms with E-state index in [9.17, 15) is 0 Å². The third-order valence-electron chi connectivity index (χ3n) is 3.66. The minimum atomic E-state index is -0.0664. The maximum Gasteiger partial charge on any atom is 0.118 e. The standard InChI is InChI=1S/C15H21N3O/c1-10-11(2)17-18(12(10)3)9-15(16)13-5-7-14(19-4)8-6-13/h5-8,15H,9,16H2,1-4H3. The summed E-state index contributed by atoms with van der Waals surface area (Å²) in [5.41, 5.74) is 10.8. The van der Waals surface area contributed by atoms with E-state index in [0.29, 0.717) is 6.54 Å². The maximum atomic E-state index is 6.25. The first-order valence-electron chi connectivity index (χ1n) is 6.43. The van der Waals surface area contributed by atoms with E-state index in [1.807, 2.05) is 35.9 Å². The number of methoxy groups -OCH3 is 1. The molecular weight excluding hydrogens is 238 g/mol. The van der Waals surface area contributed by atoms with Gasteiger partial charge in [-0.3, -0.25) is 4.68 Å². The molecule has 102 valence electrons. The number of aromatic nitrogens is 2. The Morgan fingerprint density at radius 3 is 2.32 bits per heavy atom. The van der Waals surface area contributed by atoms with Gasteiger partial charge in [-0.25, -0.2) is 0 Å². The van der Waals surface area contributed by atoms with Crippen molar-refractivity contribution in [1.82, 2.24) is 9.78 Å². The quantitative estimate of drug-likeness (QED) is 0.918. The molecule has 1 heterocycles. The van der Waals surface area contributed by atoms with Crippen LogP contribution in [0.25, 0.3) is 0 Å². The van der Waals surface area contributed by atoms with Crippen LogP contribution in [0.1, 0.15) is 28.6 Å². The monoisotopic (exact) mass is 259 g/mol. The molecule has 1 aromatic heterocycles. The molecule has 1 atom stereocenters. The molecule has 4 heteroatoms. The molecule has 0 spiro atoms. The van der Waals surface area contributed by atoms with E-state index >= 15 is 0 Å². The summed E-state index contributed by atoms with van der Waals surface area (Å²) in [7, 11) is 1.66. The van der Waals surface area contributed by atoms with E-state index in [2.05, 4.69) is 18.9 Å². The van der Waals surface area contributed by atoms with Crippen LogP contribution in [0, 0.1) is 20.8 Å². The van der Waals surface area contributed by atoms with Crippen molar-refractivity contribution in [3.63, 3.8) is 0 Å². The number of nitrogens with zero attached hydrogens (tertiary/aromatic N) is 2. The SMILES string of the molecule is COc1ccc(C(N)Cn2nc(C)c(C)c2C)cc1. The average Bonchev–Trinajstić information content (AvgIpc) is 2.66. The van der Waals surface area contributed by atoms with Crippen LogP contribution in [0.4, 0.5) is 0 Å². The van der Waals surface area contributed by atoms with Crippen LogP contribution in [-0.2, 0) is 6.54 Å². The first kappa shape index (κ1) is 13.6. The van der Waals surface area contributed by atoms with Crippen molar-refractivity contribution in [1.29, 1.82) is 0 Å². The van der Waals surface area contributed by atoms with Crippen LogP contribution in [0.3, 0.4) is 0 Å². The summed E-state index contributed by atoms with van der Waals surface area (Å²) in [6, 6.07) is 7.80. The summed E-state index contributed by atoms with van der Waals surface area (Å²) in [6.07, 6.45) is 0. The molecule has 2 N–H and O–H groups in total. The van der Waals surface area contributed by atoms with E-state index in [0.717, 1.165) is 17.0 Å². The molecule has 1 aromatic carbocycles. The smallest absolute Gasteiger partial charge is 0.118 e. The molecule has 0 saturated heterocycles. The van der Waals surface area contributed by atoms with Gasteiger partial charge in [0.25, 0.3) is 0 Å². The van der Waals surface area contributed by atoms with E-state index < -0.39 is 0 Å². The zero-order valence-corrected chi connectivity index (χ0v) is 12.0. The van der Waals surface area contributed by atoms with Gasteiger partial charge in [-0.05, 0) is 44.0 Å². The van der Waals surface area contributed by atoms with Crippen molar-refractivity contribution in [2.45, 2.75) is 33.4 Å². The Morgan fingerprint density at radius 2 is 1.84 bits per heavy atom. The van der Waals surface area contributed by atoms with Crippen molar-refractivity contribution in [3.8, 4) is 5.75 Å². The molecule has 0 amide bonds. The third-order valence-corrected chi connectivity index (χ3v) is 3.66. The first-order valence-corrected chi connectivity index (χ1v) is 6.43. The highest BCUT2D eigenvalue weighted by atomic mass is 16.5. The summed E-state index contributed by atoms with van der Waals surface area (Å²) in [4.78, 5) is 0. The zero-order chi connectivity index (χ0) is 14.0. The predicted octanol–water partition coefficient (Wildman–Crippen LogP) is 2.52. The molecular formula is C15H21N3O. The Kier molecular flexibility index (Phi) is 3.90. The van der Waals surface area contributed by atoms with Gasteiger partial charge in [0, 0.05) is 11.7 Å². The second-order valence-corrected chi connectivity index (χ2v) is 4.86. The summed E-state index contributed by atoms with van der Waals surface area (Å²) in [5.74, 6) is 0.845. The molecule has 1 unspecified atom stereocenters. The lowest BCUT2D eigenvalue weighted by atomic mass is 10.1. The van der Waals surface area contributed by atoms with E-state index in [-0.39, 0.29) is 6.04 Å². The summed E-state index contributed by atoms with van der Waals surface area (Å²) in [6.45, 7) is 6.88. The van der Waals surface area contributed by atoms with Gasteiger partial charge in [0.2, 0.25) is 0 Å². The fourth-order valence-electron chi connectivity index (χ4n) is 2.11. The molecule has 0 aliphatic rings. The minimum absolute atomic E-state index is 0.0664. The molecule has 4 nitrogen and oxygen atoms in total. The summed E-state index contributed by atoms with van der Waals surface area (Å²) in [5, 5.41) is 4.52. The normalized spacial score (nSPS) is 12.5. The van der Waals surface area contributed by atoms with E-state index in [1.165, 1.54) is 11.3 Å². The van der Waals surface area contributed by atoms with Gasteiger partial charge in [-0.15, -0.1) is 0 Å². The molecule has 19 heavy (non-hydrogen) atoms. The molecule has 2 aromatic rings. The van der Waals surface area contributed by atoms with Gasteiger partial charge < -0.3 is 10.5 Å². The second kappa shape index (κ2) is 5.45. The van der Waals surface area contributed by atoms with E-state index in [1.54, 1.807) is 7.11 Å². The summed E-state index contributed by atoms with van der Waals surface area (Å²) < 4.78 is 7.13. The highest BCUT2D eigenvalue weighted by molar-refractivity contribution is 5.29. The molecule has 0 fully saturated rings. The Bertz CT molecular complexity index is 558. The first-order chi connectivity index (χ1) is 9.02. The minimum Gasteiger partial charge on any atom is -0.497 e. The van der Waals surface area contributed by atoms with Crippen molar-refractivity contribution >= 4 is 0 Å². The Hall–Kier alpha value is -1.81. The van der Waals surface area contributed by atoms with Crippen molar-refractivity contribution in [2.24, 2.45) is 5.73 Å². The fourth-order valence-corrected chi connectivity index (χ4v) is 2.11. The zero-order valence-electron chi connectivity index (χ0n) is 12.0. The van der Waals surface area contributed by atoms with Gasteiger partial charge in [0.05, 0.1) is 19.3 Å². The molecule has 2 rings (SSSR count). The molecule has 0 aliphatic heterocycles. The van der Waals surface area contributed by atoms with E-state index in [4.69, 9.17) is 10.5 Å². The van der Waals surface area contributed by atoms with Gasteiger partial charge in [0.15, 0.2) is 0 Å². The van der Waals surface area contributed by atoms with Crippen LogP contribution < -0.4 is 10.5 Å². The average molecular weight is 259 g/mol. The number of aryl methyl sites for hydroxylation is 1. The third kappa shape index (κ3) is 2.79. The highest BCUT2D eigenvalue weighted by Crippen LogP contribution is 2.19. The molecule has 0 saturated carbocycles. The lowest BCUT2D eigenvalue weighted by molar-refractivity contribution is 0.414. The van der Waals surface area contributed by atoms with Crippen LogP contribution in [0.5, 0.6) is 5.75 Å². The number of benzene rings is 1. The van der Waals surface area contributed by atoms with Crippen molar-refractivity contribution in [3.05, 3.63) is 46.8 Å². The van der Waals surface area contributed by atoms with Crippen molar-refractivity contribution in [2.75, 3.05) is 7.11 Å². The number of ether oxygens (including phenoxy) is 1. The fraction of sp³-hybridized carbons (Fsp3) is 0.400. The van der Waals surface area contributed by atoms with Crippen LogP contribution in [0.15, 0.2) is 24.3 Å². The topological polar surface area (TPSA) is 53.1 Å². The number of nitrogens with two attached hydrogens (primary N) is 1. The largest absolute Gasteiger partial charge is 0.497 e. The van der Waals surface area contributed by atoms with Gasteiger partial charge in [-0.1, -0.05) is 12.1 Å². The second-order valence-electron chi connectivity index (χ2n) is 4.86. The Labute approximate surface area is 114 Å². The molecule has 0 aliphatic carbocycles. The predicted molar refractivity (Wildman–Crippen MR) is 76.4 cm³/mol. The van der Waals surface area contributed by atoms with Crippen molar-refractivity contribution < 1.29 is 4.74 Å². The highest BCUT2D eigenvalue weighted by Gasteiger charge is 2.12. The van der Waals surface area contributed by atoms with Gasteiger partial charge in [0.1, 0.15) is 5.75 Å². The van der Waals surface area contributed by atoms with Gasteiger partial charge >= 0.3 is 0 Å². The van der Waals surface area contributed by atoms with Crippen LogP contribution in [-0.4, -0.2) is 16.9 Å². The number of hydrogen-bond donors (Lipinski definition) is 1. The van der Waals surface area contributed by atoms with Gasteiger partial charge in [-0.2, -0.15) is 5.10 Å². The number of rotatable bonds is 4. The molecule has 0 radical (unpaired) electrons. The maximum absolute atomic E-state index is 6.25. The molecule has 0 bridgehead atoms. The lowest BCUT2D eigenvalue weighted by Crippen LogP contribution is -2.19. The lowest BCUT2D eigenvalue weighted by Gasteiger charge is -2.14. The Morgan fingerprint density at radius 1 is 1.21 bits per heavy atom. The van der Waals surface area contributed by atoms with Crippen LogP contribution in [0.2, 0.25) is 0 Å². The van der Waals surface area contributed by atoms with Crippen LogP contribution >= 0.6 is 0 Å².